The Balaban J connectivity index is 2.18. The van der Waals surface area contributed by atoms with Gasteiger partial charge >= 0.3 is 0 Å². The minimum absolute atomic E-state index is 0.390. The molecular weight excluding hydrogens is 278 g/mol. The predicted octanol–water partition coefficient (Wildman–Crippen LogP) is -0.991. The number of nitrogens with one attached hydrogen (secondary N) is 1. The van der Waals surface area contributed by atoms with E-state index in [1.165, 1.54) is 6.92 Å². The van der Waals surface area contributed by atoms with Gasteiger partial charge in [-0.3, -0.25) is 4.79 Å². The molecule has 1 amide bonds. The average molecular weight is 297 g/mol. The van der Waals surface area contributed by atoms with Crippen molar-refractivity contribution in [3.05, 3.63) is 30.3 Å². The van der Waals surface area contributed by atoms with Crippen LogP contribution in [0.3, 0.4) is 0 Å². The number of ether oxygens (including phenoxy) is 2. The van der Waals surface area contributed by atoms with Gasteiger partial charge in [-0.25, -0.2) is 0 Å². The van der Waals surface area contributed by atoms with Crippen LogP contribution in [0.2, 0.25) is 0 Å². The van der Waals surface area contributed by atoms with Gasteiger partial charge in [-0.15, -0.1) is 0 Å². The van der Waals surface area contributed by atoms with Crippen molar-refractivity contribution >= 4 is 5.91 Å². The lowest BCUT2D eigenvalue weighted by Gasteiger charge is -2.42. The van der Waals surface area contributed by atoms with Gasteiger partial charge in [0, 0.05) is 6.92 Å². The van der Waals surface area contributed by atoms with Gasteiger partial charge in [0.2, 0.25) is 12.2 Å². The van der Waals surface area contributed by atoms with Crippen LogP contribution in [0.15, 0.2) is 30.3 Å². The van der Waals surface area contributed by atoms with Crippen LogP contribution in [-0.4, -0.2) is 58.5 Å². The molecule has 1 aliphatic rings. The van der Waals surface area contributed by atoms with Gasteiger partial charge in [0.05, 0.1) is 6.61 Å². The lowest BCUT2D eigenvalue weighted by atomic mass is 9.97. The van der Waals surface area contributed by atoms with Crippen molar-refractivity contribution in [2.24, 2.45) is 0 Å². The normalized spacial score (nSPS) is 32.5. The highest BCUT2D eigenvalue weighted by molar-refractivity contribution is 5.73. The first-order chi connectivity index (χ1) is 10.0. The Morgan fingerprint density at radius 2 is 1.95 bits per heavy atom. The first kappa shape index (κ1) is 15.7. The fourth-order valence-electron chi connectivity index (χ4n) is 2.20. The Morgan fingerprint density at radius 3 is 2.52 bits per heavy atom. The Hall–Kier alpha value is -1.67. The molecule has 0 aromatic heterocycles. The summed E-state index contributed by atoms with van der Waals surface area (Å²) in [5, 5.41) is 31.7. The summed E-state index contributed by atoms with van der Waals surface area (Å²) in [7, 11) is 0. The second-order valence-corrected chi connectivity index (χ2v) is 4.86. The standard InChI is InChI=1S/C14H19NO6/c1-8(17)15-11-13(19)12(18)10(7-16)21-14(11)20-9-5-3-2-4-6-9/h2-6,10-14,16,18-19H,7H2,1H3,(H,15,17)/t10-,11+,12+,13-,14-/m0/s1. The van der Waals surface area contributed by atoms with Crippen LogP contribution < -0.4 is 10.1 Å². The molecular formula is C14H19NO6. The van der Waals surface area contributed by atoms with Crippen LogP contribution in [0.25, 0.3) is 0 Å². The number of para-hydroxylation sites is 1. The maximum atomic E-state index is 11.2. The van der Waals surface area contributed by atoms with Gasteiger partial charge in [-0.1, -0.05) is 18.2 Å². The van der Waals surface area contributed by atoms with Gasteiger partial charge in [0.1, 0.15) is 30.1 Å². The van der Waals surface area contributed by atoms with Crippen molar-refractivity contribution in [2.75, 3.05) is 6.61 Å². The number of carbonyl (C=O) groups excluding carboxylic acids is 1. The molecule has 1 aromatic rings. The maximum absolute atomic E-state index is 11.2. The zero-order chi connectivity index (χ0) is 15.4. The molecule has 7 heteroatoms. The highest BCUT2D eigenvalue weighted by atomic mass is 16.7. The summed E-state index contributed by atoms with van der Waals surface area (Å²) in [5.41, 5.74) is 0. The summed E-state index contributed by atoms with van der Waals surface area (Å²) >= 11 is 0. The third kappa shape index (κ3) is 3.70. The molecule has 0 spiro atoms. The quantitative estimate of drug-likeness (QED) is 0.568. The van der Waals surface area contributed by atoms with E-state index in [4.69, 9.17) is 9.47 Å². The highest BCUT2D eigenvalue weighted by Gasteiger charge is 2.45. The topological polar surface area (TPSA) is 108 Å². The van der Waals surface area contributed by atoms with E-state index in [2.05, 4.69) is 5.32 Å². The van der Waals surface area contributed by atoms with E-state index in [0.717, 1.165) is 0 Å². The average Bonchev–Trinajstić information content (AvgIpc) is 2.47. The van der Waals surface area contributed by atoms with Crippen LogP contribution in [0.1, 0.15) is 6.92 Å². The minimum atomic E-state index is -1.32. The van der Waals surface area contributed by atoms with Crippen molar-refractivity contribution < 1.29 is 29.6 Å². The summed E-state index contributed by atoms with van der Waals surface area (Å²) in [4.78, 5) is 11.2. The molecule has 2 rings (SSSR count). The zero-order valence-corrected chi connectivity index (χ0v) is 11.5. The fraction of sp³-hybridized carbons (Fsp3) is 0.500. The lowest BCUT2D eigenvalue weighted by molar-refractivity contribution is -0.244. The Kier molecular flexibility index (Phi) is 5.13. The highest BCUT2D eigenvalue weighted by Crippen LogP contribution is 2.24. The zero-order valence-electron chi connectivity index (χ0n) is 11.5. The number of rotatable bonds is 4. The molecule has 116 valence electrons. The lowest BCUT2D eigenvalue weighted by Crippen LogP contribution is -2.65. The van der Waals surface area contributed by atoms with Gasteiger partial charge in [0.15, 0.2) is 0 Å². The van der Waals surface area contributed by atoms with E-state index in [1.54, 1.807) is 24.3 Å². The Morgan fingerprint density at radius 1 is 1.29 bits per heavy atom. The summed E-state index contributed by atoms with van der Waals surface area (Å²) in [6.45, 7) is 0.816. The number of hydrogen-bond acceptors (Lipinski definition) is 6. The first-order valence-corrected chi connectivity index (χ1v) is 6.64. The van der Waals surface area contributed by atoms with Gasteiger partial charge in [0.25, 0.3) is 0 Å². The summed E-state index contributed by atoms with van der Waals surface area (Å²) < 4.78 is 11.0. The van der Waals surface area contributed by atoms with Gasteiger partial charge in [-0.05, 0) is 12.1 Å². The van der Waals surface area contributed by atoms with Crippen LogP contribution >= 0.6 is 0 Å². The van der Waals surface area contributed by atoms with Crippen LogP contribution in [0, 0.1) is 0 Å². The molecule has 1 heterocycles. The minimum Gasteiger partial charge on any atom is -0.463 e. The number of amides is 1. The van der Waals surface area contributed by atoms with E-state index in [1.807, 2.05) is 6.07 Å². The van der Waals surface area contributed by atoms with Gasteiger partial charge in [-0.2, -0.15) is 0 Å². The van der Waals surface area contributed by atoms with E-state index >= 15 is 0 Å². The molecule has 0 aliphatic carbocycles. The fourth-order valence-corrected chi connectivity index (χ4v) is 2.20. The van der Waals surface area contributed by atoms with Crippen molar-refractivity contribution in [3.63, 3.8) is 0 Å². The number of aliphatic hydroxyl groups is 3. The summed E-state index contributed by atoms with van der Waals surface area (Å²) in [5.74, 6) is 0.0945. The molecule has 0 radical (unpaired) electrons. The number of carbonyl (C=O) groups is 1. The molecule has 7 nitrogen and oxygen atoms in total. The van der Waals surface area contributed by atoms with Crippen molar-refractivity contribution in [2.45, 2.75) is 37.6 Å². The maximum Gasteiger partial charge on any atom is 0.223 e. The van der Waals surface area contributed by atoms with Crippen molar-refractivity contribution in [1.82, 2.24) is 5.32 Å². The third-order valence-corrected chi connectivity index (χ3v) is 3.25. The Bertz CT molecular complexity index is 468. The molecule has 21 heavy (non-hydrogen) atoms. The molecule has 1 aliphatic heterocycles. The van der Waals surface area contributed by atoms with Crippen LogP contribution in [0.4, 0.5) is 0 Å². The monoisotopic (exact) mass is 297 g/mol. The van der Waals surface area contributed by atoms with Crippen molar-refractivity contribution in [1.29, 1.82) is 0 Å². The molecule has 1 fully saturated rings. The summed E-state index contributed by atoms with van der Waals surface area (Å²) in [6, 6.07) is 7.79. The van der Waals surface area contributed by atoms with Crippen molar-refractivity contribution in [3.8, 4) is 5.75 Å². The molecule has 1 aromatic carbocycles. The molecule has 1 saturated heterocycles. The SMILES string of the molecule is CC(=O)N[C@H]1[C@@H](Oc2ccccc2)O[C@@H](CO)[C@@H](O)[C@H]1O. The molecule has 5 atom stereocenters. The predicted molar refractivity (Wildman–Crippen MR) is 72.4 cm³/mol. The molecule has 4 N–H and O–H groups in total. The van der Waals surface area contributed by atoms with Crippen LogP contribution in [-0.2, 0) is 9.53 Å². The van der Waals surface area contributed by atoms with E-state index in [-0.39, 0.29) is 5.91 Å². The second kappa shape index (κ2) is 6.86. The second-order valence-electron chi connectivity index (χ2n) is 4.86. The molecule has 0 saturated carbocycles. The van der Waals surface area contributed by atoms with Gasteiger partial charge < -0.3 is 30.1 Å². The summed E-state index contributed by atoms with van der Waals surface area (Å²) in [6.07, 6.45) is -4.64. The number of hydrogen-bond donors (Lipinski definition) is 4. The Labute approximate surface area is 122 Å². The smallest absolute Gasteiger partial charge is 0.223 e. The van der Waals surface area contributed by atoms with E-state index in [0.29, 0.717) is 5.75 Å². The molecule has 0 unspecified atom stereocenters. The number of aliphatic hydroxyl groups excluding tert-OH is 3. The van der Waals surface area contributed by atoms with E-state index < -0.39 is 37.3 Å². The van der Waals surface area contributed by atoms with E-state index in [9.17, 15) is 20.1 Å². The first-order valence-electron chi connectivity index (χ1n) is 6.64. The van der Waals surface area contributed by atoms with Crippen LogP contribution in [0.5, 0.6) is 5.75 Å². The largest absolute Gasteiger partial charge is 0.463 e. The number of benzene rings is 1. The molecule has 0 bridgehead atoms. The third-order valence-electron chi connectivity index (χ3n) is 3.25.